The Bertz CT molecular complexity index is 368. The van der Waals surface area contributed by atoms with Crippen LogP contribution in [-0.2, 0) is 16.0 Å². The van der Waals surface area contributed by atoms with Gasteiger partial charge in [0.15, 0.2) is 6.10 Å². The minimum Gasteiger partial charge on any atom is -0.467 e. The van der Waals surface area contributed by atoms with Crippen molar-refractivity contribution in [2.45, 2.75) is 12.5 Å². The molecule has 1 unspecified atom stereocenters. The largest absolute Gasteiger partial charge is 0.467 e. The zero-order valence-electron chi connectivity index (χ0n) is 8.04. The average molecular weight is 233 g/mol. The van der Waals surface area contributed by atoms with Crippen LogP contribution in [-0.4, -0.2) is 24.3 Å². The molecule has 1 aromatic carbocycles. The van der Waals surface area contributed by atoms with Crippen molar-refractivity contribution in [3.63, 3.8) is 0 Å². The molecule has 0 spiro atoms. The lowest BCUT2D eigenvalue weighted by Crippen LogP contribution is -2.24. The highest BCUT2D eigenvalue weighted by Gasteiger charge is 2.17. The van der Waals surface area contributed by atoms with Crippen LogP contribution in [0.25, 0.3) is 0 Å². The monoisotopic (exact) mass is 232 g/mol. The zero-order chi connectivity index (χ0) is 11.4. The summed E-state index contributed by atoms with van der Waals surface area (Å²) in [6, 6.07) is 4.04. The Morgan fingerprint density at radius 3 is 2.87 bits per heavy atom. The smallest absolute Gasteiger partial charge is 0.335 e. The van der Waals surface area contributed by atoms with Crippen LogP contribution in [0.1, 0.15) is 5.56 Å². The molecule has 0 aliphatic heterocycles. The highest BCUT2D eigenvalue weighted by Crippen LogP contribution is 2.16. The number of hydrogen-bond acceptors (Lipinski definition) is 3. The van der Waals surface area contributed by atoms with Gasteiger partial charge in [-0.1, -0.05) is 17.7 Å². The molecule has 0 bridgehead atoms. The molecule has 0 fully saturated rings. The number of methoxy groups -OCH3 is 1. The number of esters is 1. The van der Waals surface area contributed by atoms with E-state index >= 15 is 0 Å². The number of hydrogen-bond donors (Lipinski definition) is 1. The number of carbonyl (C=O) groups is 1. The minimum absolute atomic E-state index is 0.129. The second-order valence-corrected chi connectivity index (χ2v) is 3.42. The van der Waals surface area contributed by atoms with Gasteiger partial charge in [0.25, 0.3) is 0 Å². The third kappa shape index (κ3) is 3.18. The van der Waals surface area contributed by atoms with Gasteiger partial charge in [0.05, 0.1) is 7.11 Å². The molecule has 0 amide bonds. The van der Waals surface area contributed by atoms with Crippen LogP contribution in [0, 0.1) is 5.82 Å². The van der Waals surface area contributed by atoms with Crippen LogP contribution >= 0.6 is 11.6 Å². The Labute approximate surface area is 91.4 Å². The van der Waals surface area contributed by atoms with Crippen LogP contribution in [0.15, 0.2) is 18.2 Å². The van der Waals surface area contributed by atoms with Gasteiger partial charge in [-0.15, -0.1) is 0 Å². The zero-order valence-corrected chi connectivity index (χ0v) is 8.79. The molecule has 0 aliphatic carbocycles. The van der Waals surface area contributed by atoms with Crippen molar-refractivity contribution in [2.24, 2.45) is 0 Å². The van der Waals surface area contributed by atoms with Gasteiger partial charge in [-0.3, -0.25) is 0 Å². The van der Waals surface area contributed by atoms with Gasteiger partial charge in [-0.2, -0.15) is 0 Å². The maximum Gasteiger partial charge on any atom is 0.335 e. The molecule has 0 saturated carbocycles. The van der Waals surface area contributed by atoms with Crippen molar-refractivity contribution in [3.05, 3.63) is 34.6 Å². The quantitative estimate of drug-likeness (QED) is 0.805. The van der Waals surface area contributed by atoms with Crippen molar-refractivity contribution >= 4 is 17.6 Å². The number of rotatable bonds is 3. The van der Waals surface area contributed by atoms with Crippen LogP contribution < -0.4 is 0 Å². The SMILES string of the molecule is COC(=O)C(O)Cc1ccc(Cl)cc1F. The minimum atomic E-state index is -1.36. The summed E-state index contributed by atoms with van der Waals surface area (Å²) >= 11 is 5.55. The number of carbonyl (C=O) groups excluding carboxylic acids is 1. The Balaban J connectivity index is 2.76. The maximum absolute atomic E-state index is 13.2. The first kappa shape index (κ1) is 11.9. The van der Waals surface area contributed by atoms with E-state index in [9.17, 15) is 14.3 Å². The first-order valence-corrected chi connectivity index (χ1v) is 4.62. The molecule has 0 aliphatic rings. The normalized spacial score (nSPS) is 12.3. The van der Waals surface area contributed by atoms with Crippen LogP contribution in [0.2, 0.25) is 5.02 Å². The van der Waals surface area contributed by atoms with E-state index in [0.29, 0.717) is 0 Å². The van der Waals surface area contributed by atoms with Crippen LogP contribution in [0.3, 0.4) is 0 Å². The van der Waals surface area contributed by atoms with E-state index in [1.54, 1.807) is 0 Å². The molecule has 15 heavy (non-hydrogen) atoms. The number of aliphatic hydroxyl groups is 1. The average Bonchev–Trinajstić information content (AvgIpc) is 2.20. The molecular formula is C10H10ClFO3. The molecule has 1 N–H and O–H groups in total. The second kappa shape index (κ2) is 5.09. The van der Waals surface area contributed by atoms with Crippen molar-refractivity contribution in [1.82, 2.24) is 0 Å². The summed E-state index contributed by atoms with van der Waals surface area (Å²) in [5, 5.41) is 9.56. The van der Waals surface area contributed by atoms with Crippen LogP contribution in [0.4, 0.5) is 4.39 Å². The van der Waals surface area contributed by atoms with E-state index in [2.05, 4.69) is 4.74 Å². The van der Waals surface area contributed by atoms with Gasteiger partial charge in [0, 0.05) is 11.4 Å². The standard InChI is InChI=1S/C10H10ClFO3/c1-15-10(14)9(13)4-6-2-3-7(11)5-8(6)12/h2-3,5,9,13H,4H2,1H3. The van der Waals surface area contributed by atoms with Crippen LogP contribution in [0.5, 0.6) is 0 Å². The Morgan fingerprint density at radius 1 is 1.67 bits per heavy atom. The summed E-state index contributed by atoms with van der Waals surface area (Å²) in [5.41, 5.74) is 0.220. The van der Waals surface area contributed by atoms with E-state index in [0.717, 1.165) is 13.2 Å². The van der Waals surface area contributed by atoms with Crippen molar-refractivity contribution in [1.29, 1.82) is 0 Å². The Hall–Kier alpha value is -1.13. The molecule has 5 heteroatoms. The van der Waals surface area contributed by atoms with E-state index in [-0.39, 0.29) is 17.0 Å². The molecule has 0 radical (unpaired) electrons. The predicted octanol–water partition coefficient (Wildman–Crippen LogP) is 1.56. The van der Waals surface area contributed by atoms with Crippen molar-refractivity contribution in [3.8, 4) is 0 Å². The fourth-order valence-electron chi connectivity index (χ4n) is 1.11. The van der Waals surface area contributed by atoms with Gasteiger partial charge in [0.1, 0.15) is 5.82 Å². The maximum atomic E-state index is 13.2. The number of aliphatic hydroxyl groups excluding tert-OH is 1. The van der Waals surface area contributed by atoms with E-state index in [1.807, 2.05) is 0 Å². The summed E-state index contributed by atoms with van der Waals surface area (Å²) in [6.07, 6.45) is -1.49. The summed E-state index contributed by atoms with van der Waals surface area (Å²) in [5.74, 6) is -1.34. The molecule has 3 nitrogen and oxygen atoms in total. The molecule has 1 rings (SSSR count). The Morgan fingerprint density at radius 2 is 2.33 bits per heavy atom. The molecule has 82 valence electrons. The third-order valence-corrected chi connectivity index (χ3v) is 2.14. The second-order valence-electron chi connectivity index (χ2n) is 2.98. The van der Waals surface area contributed by atoms with Gasteiger partial charge >= 0.3 is 5.97 Å². The molecule has 0 saturated heterocycles. The summed E-state index contributed by atoms with van der Waals surface area (Å²) in [7, 11) is 1.16. The van der Waals surface area contributed by atoms with Gasteiger partial charge < -0.3 is 9.84 Å². The van der Waals surface area contributed by atoms with Crippen molar-refractivity contribution < 1.29 is 19.0 Å². The van der Waals surface area contributed by atoms with Gasteiger partial charge in [0.2, 0.25) is 0 Å². The number of ether oxygens (including phenoxy) is 1. The predicted molar refractivity (Wildman–Crippen MR) is 53.1 cm³/mol. The summed E-state index contributed by atoms with van der Waals surface area (Å²) in [4.78, 5) is 10.9. The highest BCUT2D eigenvalue weighted by molar-refractivity contribution is 6.30. The van der Waals surface area contributed by atoms with E-state index in [4.69, 9.17) is 11.6 Å². The lowest BCUT2D eigenvalue weighted by molar-refractivity contribution is -0.150. The Kier molecular flexibility index (Phi) is 4.05. The first-order valence-electron chi connectivity index (χ1n) is 4.24. The highest BCUT2D eigenvalue weighted by atomic mass is 35.5. The number of halogens is 2. The molecular weight excluding hydrogens is 223 g/mol. The molecule has 1 aromatic rings. The summed E-state index contributed by atoms with van der Waals surface area (Å²) < 4.78 is 17.5. The van der Waals surface area contributed by atoms with Gasteiger partial charge in [-0.05, 0) is 17.7 Å². The topological polar surface area (TPSA) is 46.5 Å². The number of benzene rings is 1. The molecule has 0 heterocycles. The van der Waals surface area contributed by atoms with E-state index < -0.39 is 17.9 Å². The lowest BCUT2D eigenvalue weighted by Gasteiger charge is -2.08. The van der Waals surface area contributed by atoms with E-state index in [1.165, 1.54) is 12.1 Å². The van der Waals surface area contributed by atoms with Gasteiger partial charge in [-0.25, -0.2) is 9.18 Å². The third-order valence-electron chi connectivity index (χ3n) is 1.90. The molecule has 0 aromatic heterocycles. The summed E-state index contributed by atoms with van der Waals surface area (Å²) in [6.45, 7) is 0. The first-order chi connectivity index (χ1) is 7.04. The molecule has 1 atom stereocenters. The lowest BCUT2D eigenvalue weighted by atomic mass is 10.1. The fraction of sp³-hybridized carbons (Fsp3) is 0.300. The van der Waals surface area contributed by atoms with Crippen molar-refractivity contribution in [2.75, 3.05) is 7.11 Å². The fourth-order valence-corrected chi connectivity index (χ4v) is 1.27.